The monoisotopic (exact) mass is 433 g/mol. The van der Waals surface area contributed by atoms with Crippen LogP contribution in [0.25, 0.3) is 10.3 Å². The minimum atomic E-state index is -0.0946. The number of amides is 1. The van der Waals surface area contributed by atoms with Crippen LogP contribution < -0.4 is 15.0 Å². The molecule has 7 nitrogen and oxygen atoms in total. The highest BCUT2D eigenvalue weighted by Crippen LogP contribution is 2.34. The van der Waals surface area contributed by atoms with Gasteiger partial charge in [-0.05, 0) is 12.1 Å². The quantitative estimate of drug-likeness (QED) is 0.468. The Morgan fingerprint density at radius 1 is 1.32 bits per heavy atom. The zero-order valence-electron chi connectivity index (χ0n) is 15.3. The molecule has 1 fully saturated rings. The van der Waals surface area contributed by atoms with E-state index in [-0.39, 0.29) is 11.7 Å². The van der Waals surface area contributed by atoms with Crippen molar-refractivity contribution in [1.82, 2.24) is 15.0 Å². The average molecular weight is 434 g/mol. The number of methoxy groups -OCH3 is 1. The normalized spacial score (nSPS) is 14.2. The predicted molar refractivity (Wildman–Crippen MR) is 117 cm³/mol. The Hall–Kier alpha value is -2.04. The Labute approximate surface area is 175 Å². The first-order chi connectivity index (χ1) is 13.7. The van der Waals surface area contributed by atoms with Crippen molar-refractivity contribution in [2.24, 2.45) is 0 Å². The molecule has 1 aliphatic rings. The van der Waals surface area contributed by atoms with Crippen LogP contribution in [0.1, 0.15) is 0 Å². The van der Waals surface area contributed by atoms with E-state index >= 15 is 0 Å². The molecule has 0 unspecified atom stereocenters. The third-order valence-electron chi connectivity index (χ3n) is 4.12. The molecular formula is C18H19N5O2S3. The number of thiazole rings is 1. The fourth-order valence-corrected chi connectivity index (χ4v) is 5.59. The van der Waals surface area contributed by atoms with Crippen molar-refractivity contribution in [1.29, 1.82) is 0 Å². The molecule has 4 rings (SSSR count). The number of carbonyl (C=O) groups excluding carboxylic acids is 1. The molecule has 1 saturated heterocycles. The Morgan fingerprint density at radius 2 is 2.18 bits per heavy atom. The first kappa shape index (κ1) is 19.3. The molecule has 1 aromatic carbocycles. The molecular weight excluding hydrogens is 414 g/mol. The fraction of sp³-hybridized carbons (Fsp3) is 0.333. The molecule has 28 heavy (non-hydrogen) atoms. The molecule has 0 radical (unpaired) electrons. The van der Waals surface area contributed by atoms with Crippen LogP contribution in [-0.2, 0) is 4.79 Å². The van der Waals surface area contributed by atoms with E-state index < -0.39 is 0 Å². The van der Waals surface area contributed by atoms with E-state index in [1.807, 2.05) is 30.0 Å². The van der Waals surface area contributed by atoms with Crippen LogP contribution >= 0.6 is 34.9 Å². The van der Waals surface area contributed by atoms with Gasteiger partial charge in [-0.2, -0.15) is 16.7 Å². The number of hydrogen-bond donors (Lipinski definition) is 1. The first-order valence-corrected chi connectivity index (χ1v) is 11.7. The van der Waals surface area contributed by atoms with Gasteiger partial charge in [0.2, 0.25) is 5.91 Å². The third-order valence-corrected chi connectivity index (χ3v) is 7.30. The van der Waals surface area contributed by atoms with E-state index in [4.69, 9.17) is 4.74 Å². The molecule has 2 aromatic heterocycles. The summed E-state index contributed by atoms with van der Waals surface area (Å²) in [4.78, 5) is 28.0. The highest BCUT2D eigenvalue weighted by Gasteiger charge is 2.18. The minimum absolute atomic E-state index is 0.0946. The standard InChI is InChI=1S/C18H19N5O2S3/c1-25-13-4-2-3-12(9-13)21-14(24)10-27-17-15-16(19-11-20-17)22-18(28-15)23-5-7-26-8-6-23/h2-4,9,11H,5-8,10H2,1H3,(H,21,24). The summed E-state index contributed by atoms with van der Waals surface area (Å²) in [6.45, 7) is 2.01. The Morgan fingerprint density at radius 3 is 3.00 bits per heavy atom. The van der Waals surface area contributed by atoms with Crippen LogP contribution in [-0.4, -0.2) is 58.3 Å². The summed E-state index contributed by atoms with van der Waals surface area (Å²) < 4.78 is 6.12. The fourth-order valence-electron chi connectivity index (χ4n) is 2.75. The van der Waals surface area contributed by atoms with Crippen molar-refractivity contribution in [3.05, 3.63) is 30.6 Å². The number of nitrogens with zero attached hydrogens (tertiary/aromatic N) is 4. The zero-order chi connectivity index (χ0) is 19.3. The van der Waals surface area contributed by atoms with Gasteiger partial charge < -0.3 is 15.0 Å². The minimum Gasteiger partial charge on any atom is -0.497 e. The molecule has 0 aliphatic carbocycles. The van der Waals surface area contributed by atoms with E-state index in [0.29, 0.717) is 17.1 Å². The van der Waals surface area contributed by atoms with E-state index in [9.17, 15) is 4.79 Å². The highest BCUT2D eigenvalue weighted by atomic mass is 32.2. The maximum Gasteiger partial charge on any atom is 0.234 e. The molecule has 0 atom stereocenters. The highest BCUT2D eigenvalue weighted by molar-refractivity contribution is 8.00. The lowest BCUT2D eigenvalue weighted by Crippen LogP contribution is -2.32. The SMILES string of the molecule is COc1cccc(NC(=O)CSc2ncnc3nc(N4CCSCC4)sc23)c1. The van der Waals surface area contributed by atoms with Crippen molar-refractivity contribution in [2.75, 3.05) is 47.7 Å². The van der Waals surface area contributed by atoms with Crippen LogP contribution in [0, 0.1) is 0 Å². The Balaban J connectivity index is 1.43. The van der Waals surface area contributed by atoms with Crippen molar-refractivity contribution >= 4 is 61.9 Å². The summed E-state index contributed by atoms with van der Waals surface area (Å²) in [5.74, 6) is 3.11. The van der Waals surface area contributed by atoms with Gasteiger partial charge in [0.25, 0.3) is 0 Å². The number of nitrogens with one attached hydrogen (secondary N) is 1. The summed E-state index contributed by atoms with van der Waals surface area (Å²) in [7, 11) is 1.60. The molecule has 3 heterocycles. The van der Waals surface area contributed by atoms with Crippen LogP contribution in [0.3, 0.4) is 0 Å². The summed E-state index contributed by atoms with van der Waals surface area (Å²) in [6.07, 6.45) is 1.51. The van der Waals surface area contributed by atoms with Gasteiger partial charge in [0.05, 0.1) is 12.9 Å². The number of thioether (sulfide) groups is 2. The van der Waals surface area contributed by atoms with E-state index in [0.717, 1.165) is 39.5 Å². The van der Waals surface area contributed by atoms with Crippen LogP contribution in [0.4, 0.5) is 10.8 Å². The van der Waals surface area contributed by atoms with Crippen molar-refractivity contribution in [2.45, 2.75) is 5.03 Å². The summed E-state index contributed by atoms with van der Waals surface area (Å²) >= 11 is 4.97. The largest absolute Gasteiger partial charge is 0.497 e. The Bertz CT molecular complexity index is 975. The smallest absolute Gasteiger partial charge is 0.234 e. The second kappa shape index (κ2) is 8.97. The van der Waals surface area contributed by atoms with E-state index in [1.54, 1.807) is 24.5 Å². The lowest BCUT2D eigenvalue weighted by atomic mass is 10.3. The predicted octanol–water partition coefficient (Wildman–Crippen LogP) is 3.38. The lowest BCUT2D eigenvalue weighted by Gasteiger charge is -2.25. The maximum absolute atomic E-state index is 12.3. The lowest BCUT2D eigenvalue weighted by molar-refractivity contribution is -0.113. The molecule has 3 aromatic rings. The van der Waals surface area contributed by atoms with E-state index in [1.165, 1.54) is 18.1 Å². The first-order valence-electron chi connectivity index (χ1n) is 8.74. The second-order valence-electron chi connectivity index (χ2n) is 6.00. The van der Waals surface area contributed by atoms with Gasteiger partial charge in [-0.1, -0.05) is 29.2 Å². The van der Waals surface area contributed by atoms with Crippen LogP contribution in [0.2, 0.25) is 0 Å². The van der Waals surface area contributed by atoms with E-state index in [2.05, 4.69) is 25.2 Å². The molecule has 1 N–H and O–H groups in total. The second-order valence-corrected chi connectivity index (χ2v) is 9.16. The van der Waals surface area contributed by atoms with Gasteiger partial charge in [-0.3, -0.25) is 4.79 Å². The summed E-state index contributed by atoms with van der Waals surface area (Å²) in [6, 6.07) is 7.30. The number of ether oxygens (including phenoxy) is 1. The molecule has 0 bridgehead atoms. The van der Waals surface area contributed by atoms with Crippen molar-refractivity contribution < 1.29 is 9.53 Å². The molecule has 0 saturated carbocycles. The van der Waals surface area contributed by atoms with Gasteiger partial charge in [0, 0.05) is 36.3 Å². The van der Waals surface area contributed by atoms with Crippen LogP contribution in [0.5, 0.6) is 5.75 Å². The van der Waals surface area contributed by atoms with Crippen LogP contribution in [0.15, 0.2) is 35.6 Å². The van der Waals surface area contributed by atoms with Gasteiger partial charge in [-0.15, -0.1) is 0 Å². The molecule has 10 heteroatoms. The van der Waals surface area contributed by atoms with Crippen molar-refractivity contribution in [3.63, 3.8) is 0 Å². The van der Waals surface area contributed by atoms with Gasteiger partial charge in [-0.25, -0.2) is 9.97 Å². The number of benzene rings is 1. The molecule has 0 spiro atoms. The van der Waals surface area contributed by atoms with Crippen molar-refractivity contribution in [3.8, 4) is 5.75 Å². The van der Waals surface area contributed by atoms with Gasteiger partial charge in [0.15, 0.2) is 10.8 Å². The maximum atomic E-state index is 12.3. The summed E-state index contributed by atoms with van der Waals surface area (Å²) in [5.41, 5.74) is 1.41. The number of fused-ring (bicyclic) bond motifs is 1. The average Bonchev–Trinajstić information content (AvgIpc) is 3.18. The molecule has 1 aliphatic heterocycles. The van der Waals surface area contributed by atoms with Gasteiger partial charge in [0.1, 0.15) is 21.8 Å². The molecule has 146 valence electrons. The molecule has 1 amide bonds. The number of aromatic nitrogens is 3. The topological polar surface area (TPSA) is 80.2 Å². The number of hydrogen-bond acceptors (Lipinski definition) is 9. The number of anilines is 2. The number of rotatable bonds is 6. The zero-order valence-corrected chi connectivity index (χ0v) is 17.7. The van der Waals surface area contributed by atoms with Gasteiger partial charge >= 0.3 is 0 Å². The third kappa shape index (κ3) is 4.50. The summed E-state index contributed by atoms with van der Waals surface area (Å²) in [5, 5.41) is 4.66. The number of carbonyl (C=O) groups is 1. The Kier molecular flexibility index (Phi) is 6.18.